The van der Waals surface area contributed by atoms with Crippen molar-refractivity contribution >= 4 is 22.4 Å². The van der Waals surface area contributed by atoms with Crippen LogP contribution in [0, 0.1) is 0 Å². The SMILES string of the molecule is C=CCN(C)CCc1nc(Nc2ccc(C(F)(F)F)cc2)c2ccc(C/C(=C\C=C/N)C(F)(F)F)cc2n1. The first kappa shape index (κ1) is 28.7. The van der Waals surface area contributed by atoms with Crippen molar-refractivity contribution in [3.63, 3.8) is 0 Å². The van der Waals surface area contributed by atoms with Gasteiger partial charge in [-0.2, -0.15) is 26.3 Å². The molecule has 2 aromatic carbocycles. The third-order valence-corrected chi connectivity index (χ3v) is 5.61. The zero-order chi connectivity index (χ0) is 27.9. The van der Waals surface area contributed by atoms with Crippen LogP contribution in [-0.2, 0) is 19.0 Å². The number of benzene rings is 2. The summed E-state index contributed by atoms with van der Waals surface area (Å²) in [7, 11) is 1.89. The third-order valence-electron chi connectivity index (χ3n) is 5.61. The van der Waals surface area contributed by atoms with E-state index < -0.39 is 29.9 Å². The Morgan fingerprint density at radius 1 is 1.05 bits per heavy atom. The second kappa shape index (κ2) is 12.1. The van der Waals surface area contributed by atoms with Crippen molar-refractivity contribution in [3.8, 4) is 0 Å². The maximum atomic E-state index is 13.5. The summed E-state index contributed by atoms with van der Waals surface area (Å²) in [6, 6.07) is 9.16. The average Bonchev–Trinajstić information content (AvgIpc) is 2.84. The molecule has 11 heteroatoms. The molecule has 0 bridgehead atoms. The van der Waals surface area contributed by atoms with Gasteiger partial charge in [0.05, 0.1) is 11.1 Å². The molecule has 0 unspecified atom stereocenters. The molecule has 0 amide bonds. The first-order valence-electron chi connectivity index (χ1n) is 11.6. The molecule has 0 aliphatic rings. The maximum absolute atomic E-state index is 13.5. The molecule has 3 aromatic rings. The van der Waals surface area contributed by atoms with Crippen molar-refractivity contribution in [3.05, 3.63) is 96.0 Å². The van der Waals surface area contributed by atoms with Gasteiger partial charge in [-0.05, 0) is 61.3 Å². The topological polar surface area (TPSA) is 67.1 Å². The number of fused-ring (bicyclic) bond motifs is 1. The van der Waals surface area contributed by atoms with Crippen molar-refractivity contribution in [2.45, 2.75) is 25.2 Å². The summed E-state index contributed by atoms with van der Waals surface area (Å²) in [5.41, 5.74) is 4.79. The molecule has 0 fully saturated rings. The van der Waals surface area contributed by atoms with E-state index in [2.05, 4.69) is 21.9 Å². The summed E-state index contributed by atoms with van der Waals surface area (Å²) in [4.78, 5) is 11.1. The van der Waals surface area contributed by atoms with E-state index in [1.165, 1.54) is 18.2 Å². The van der Waals surface area contributed by atoms with Gasteiger partial charge in [0.1, 0.15) is 11.6 Å². The Hall–Kier alpha value is -3.86. The molecule has 38 heavy (non-hydrogen) atoms. The zero-order valence-electron chi connectivity index (χ0n) is 20.6. The van der Waals surface area contributed by atoms with Gasteiger partial charge in [-0.1, -0.05) is 18.2 Å². The standard InChI is InChI=1S/C27H27F6N5/c1-3-14-38(2)15-12-24-36-23-17-18(16-20(5-4-13-34)27(31,32)33)6-11-22(23)25(37-24)35-21-9-7-19(8-10-21)26(28,29)30/h3-11,13,17H,1,12,14-16,34H2,2H3,(H,35,36,37)/b13-4-,20-5+. The zero-order valence-corrected chi connectivity index (χ0v) is 20.6. The molecule has 0 spiro atoms. The molecule has 1 heterocycles. The molecule has 0 saturated carbocycles. The average molecular weight is 536 g/mol. The first-order chi connectivity index (χ1) is 17.9. The van der Waals surface area contributed by atoms with Gasteiger partial charge >= 0.3 is 12.4 Å². The van der Waals surface area contributed by atoms with Gasteiger partial charge in [0.15, 0.2) is 0 Å². The van der Waals surface area contributed by atoms with Gasteiger partial charge < -0.3 is 16.0 Å². The number of halogens is 6. The van der Waals surface area contributed by atoms with Crippen LogP contribution in [0.15, 0.2) is 79.0 Å². The molecule has 0 radical (unpaired) electrons. The van der Waals surface area contributed by atoms with E-state index in [9.17, 15) is 26.3 Å². The summed E-state index contributed by atoms with van der Waals surface area (Å²) in [5, 5.41) is 3.54. The van der Waals surface area contributed by atoms with E-state index in [1.54, 1.807) is 18.2 Å². The van der Waals surface area contributed by atoms with E-state index in [1.807, 2.05) is 11.9 Å². The number of nitrogens with zero attached hydrogens (tertiary/aromatic N) is 3. The number of hydrogen-bond donors (Lipinski definition) is 2. The molecule has 0 aliphatic heterocycles. The maximum Gasteiger partial charge on any atom is 0.416 e. The van der Waals surface area contributed by atoms with Gasteiger partial charge in [0.2, 0.25) is 0 Å². The minimum atomic E-state index is -4.55. The first-order valence-corrected chi connectivity index (χ1v) is 11.6. The van der Waals surface area contributed by atoms with Crippen LogP contribution in [-0.4, -0.2) is 41.2 Å². The molecular formula is C27H27F6N5. The van der Waals surface area contributed by atoms with Crippen LogP contribution in [0.5, 0.6) is 0 Å². The number of allylic oxidation sites excluding steroid dienone is 3. The Bertz CT molecular complexity index is 1310. The Morgan fingerprint density at radius 2 is 1.76 bits per heavy atom. The van der Waals surface area contributed by atoms with Gasteiger partial charge in [0, 0.05) is 42.6 Å². The van der Waals surface area contributed by atoms with Crippen molar-refractivity contribution in [2.24, 2.45) is 5.73 Å². The molecule has 3 rings (SSSR count). The van der Waals surface area contributed by atoms with Gasteiger partial charge in [-0.25, -0.2) is 9.97 Å². The third kappa shape index (κ3) is 7.82. The van der Waals surface area contributed by atoms with E-state index in [0.717, 1.165) is 30.5 Å². The number of likely N-dealkylation sites (N-methyl/N-ethyl adjacent to an activating group) is 1. The van der Waals surface area contributed by atoms with Crippen LogP contribution in [0.25, 0.3) is 10.9 Å². The monoisotopic (exact) mass is 535 g/mol. The Balaban J connectivity index is 2.00. The number of aromatic nitrogens is 2. The van der Waals surface area contributed by atoms with Crippen LogP contribution in [0.4, 0.5) is 37.8 Å². The normalized spacial score (nSPS) is 13.0. The minimum absolute atomic E-state index is 0.334. The van der Waals surface area contributed by atoms with Crippen molar-refractivity contribution in [2.75, 3.05) is 25.5 Å². The summed E-state index contributed by atoms with van der Waals surface area (Å²) >= 11 is 0. The lowest BCUT2D eigenvalue weighted by Gasteiger charge is -2.16. The number of anilines is 2. The molecule has 5 nitrogen and oxygen atoms in total. The van der Waals surface area contributed by atoms with E-state index >= 15 is 0 Å². The Labute approximate surface area is 216 Å². The lowest BCUT2D eigenvalue weighted by molar-refractivity contribution is -0.137. The summed E-state index contributed by atoms with van der Waals surface area (Å²) in [6.07, 6.45) is -4.17. The fraction of sp³-hybridized carbons (Fsp3) is 0.259. The van der Waals surface area contributed by atoms with Crippen molar-refractivity contribution in [1.29, 1.82) is 0 Å². The fourth-order valence-electron chi connectivity index (χ4n) is 3.67. The van der Waals surface area contributed by atoms with E-state index in [-0.39, 0.29) is 0 Å². The smallest absolute Gasteiger partial charge is 0.405 e. The minimum Gasteiger partial charge on any atom is -0.405 e. The molecule has 3 N–H and O–H groups in total. The summed E-state index contributed by atoms with van der Waals surface area (Å²) < 4.78 is 79.3. The molecule has 0 aliphatic carbocycles. The molecule has 1 aromatic heterocycles. The highest BCUT2D eigenvalue weighted by molar-refractivity contribution is 5.91. The highest BCUT2D eigenvalue weighted by Gasteiger charge is 2.33. The second-order valence-electron chi connectivity index (χ2n) is 8.59. The Kier molecular flexibility index (Phi) is 9.16. The number of hydrogen-bond acceptors (Lipinski definition) is 5. The number of rotatable bonds is 10. The van der Waals surface area contributed by atoms with Gasteiger partial charge in [0.25, 0.3) is 0 Å². The molecule has 0 atom stereocenters. The number of nitrogens with one attached hydrogen (secondary N) is 1. The lowest BCUT2D eigenvalue weighted by atomic mass is 10.0. The largest absolute Gasteiger partial charge is 0.416 e. The van der Waals surface area contributed by atoms with Crippen LogP contribution < -0.4 is 11.1 Å². The summed E-state index contributed by atoms with van der Waals surface area (Å²) in [5.74, 6) is 0.762. The number of nitrogens with two attached hydrogens (primary N) is 1. The molecular weight excluding hydrogens is 508 g/mol. The van der Waals surface area contributed by atoms with Crippen molar-refractivity contribution in [1.82, 2.24) is 14.9 Å². The number of alkyl halides is 6. The summed E-state index contributed by atoms with van der Waals surface area (Å²) in [6.45, 7) is 4.92. The second-order valence-corrected chi connectivity index (χ2v) is 8.59. The van der Waals surface area contributed by atoms with Crippen LogP contribution in [0.3, 0.4) is 0 Å². The Morgan fingerprint density at radius 3 is 2.37 bits per heavy atom. The molecule has 0 saturated heterocycles. The quantitative estimate of drug-likeness (QED) is 0.175. The predicted octanol–water partition coefficient (Wildman–Crippen LogP) is 6.56. The van der Waals surface area contributed by atoms with Crippen LogP contribution in [0.2, 0.25) is 0 Å². The van der Waals surface area contributed by atoms with Crippen molar-refractivity contribution < 1.29 is 26.3 Å². The van der Waals surface area contributed by atoms with Crippen LogP contribution >= 0.6 is 0 Å². The predicted molar refractivity (Wildman–Crippen MR) is 137 cm³/mol. The highest BCUT2D eigenvalue weighted by atomic mass is 19.4. The van der Waals surface area contributed by atoms with Gasteiger partial charge in [-0.3, -0.25) is 0 Å². The van der Waals surface area contributed by atoms with Gasteiger partial charge in [-0.15, -0.1) is 6.58 Å². The van der Waals surface area contributed by atoms with E-state index in [4.69, 9.17) is 5.73 Å². The fourth-order valence-corrected chi connectivity index (χ4v) is 3.67. The molecule has 202 valence electrons. The highest BCUT2D eigenvalue weighted by Crippen LogP contribution is 2.32. The lowest BCUT2D eigenvalue weighted by Crippen LogP contribution is -2.22. The van der Waals surface area contributed by atoms with E-state index in [0.29, 0.717) is 53.3 Å². The van der Waals surface area contributed by atoms with Crippen LogP contribution in [0.1, 0.15) is 17.0 Å².